The van der Waals surface area contributed by atoms with Crippen molar-refractivity contribution >= 4 is 5.91 Å². The van der Waals surface area contributed by atoms with E-state index in [2.05, 4.69) is 5.32 Å². The number of rotatable bonds is 2. The van der Waals surface area contributed by atoms with E-state index < -0.39 is 0 Å². The minimum atomic E-state index is -0.256. The maximum Gasteiger partial charge on any atom is 0.251 e. The largest absolute Gasteiger partial charge is 0.508 e. The molecule has 1 amide bonds. The van der Waals surface area contributed by atoms with Crippen LogP contribution in [0.15, 0.2) is 18.2 Å². The van der Waals surface area contributed by atoms with Crippen LogP contribution in [0.1, 0.15) is 36.5 Å². The molecule has 0 aliphatic heterocycles. The van der Waals surface area contributed by atoms with Crippen LogP contribution in [0, 0.1) is 0 Å². The molecule has 1 saturated carbocycles. The van der Waals surface area contributed by atoms with E-state index in [-0.39, 0.29) is 28.5 Å². The number of phenolic OH excluding ortho intramolecular Hbond substituents is 2. The highest BCUT2D eigenvalue weighted by atomic mass is 16.3. The van der Waals surface area contributed by atoms with E-state index in [0.717, 1.165) is 19.3 Å². The second-order valence-corrected chi connectivity index (χ2v) is 4.61. The summed E-state index contributed by atoms with van der Waals surface area (Å²) in [5.74, 6) is -0.471. The fourth-order valence-electron chi connectivity index (χ4n) is 1.90. The molecule has 1 aromatic rings. The van der Waals surface area contributed by atoms with Crippen molar-refractivity contribution in [1.82, 2.24) is 5.32 Å². The number of hydrogen-bond acceptors (Lipinski definition) is 3. The van der Waals surface area contributed by atoms with Crippen molar-refractivity contribution in [2.45, 2.75) is 31.7 Å². The van der Waals surface area contributed by atoms with Gasteiger partial charge in [0.15, 0.2) is 0 Å². The summed E-state index contributed by atoms with van der Waals surface area (Å²) < 4.78 is 0. The van der Waals surface area contributed by atoms with Gasteiger partial charge in [-0.3, -0.25) is 4.79 Å². The zero-order valence-corrected chi connectivity index (χ0v) is 9.16. The Bertz CT molecular complexity index is 404. The third-order valence-corrected chi connectivity index (χ3v) is 3.04. The fraction of sp³-hybridized carbons (Fsp3) is 0.417. The summed E-state index contributed by atoms with van der Waals surface area (Å²) in [5, 5.41) is 21.4. The monoisotopic (exact) mass is 221 g/mol. The molecule has 0 heterocycles. The van der Waals surface area contributed by atoms with Crippen LogP contribution < -0.4 is 5.32 Å². The van der Waals surface area contributed by atoms with E-state index in [1.54, 1.807) is 0 Å². The summed E-state index contributed by atoms with van der Waals surface area (Å²) in [6.07, 6.45) is 3.08. The number of benzene rings is 1. The van der Waals surface area contributed by atoms with Crippen LogP contribution in [-0.2, 0) is 0 Å². The first kappa shape index (κ1) is 10.8. The summed E-state index contributed by atoms with van der Waals surface area (Å²) in [6.45, 7) is 2.00. The molecule has 16 heavy (non-hydrogen) atoms. The number of amides is 1. The summed E-state index contributed by atoms with van der Waals surface area (Å²) >= 11 is 0. The average molecular weight is 221 g/mol. The number of phenols is 2. The van der Waals surface area contributed by atoms with Crippen molar-refractivity contribution in [3.05, 3.63) is 23.8 Å². The number of aromatic hydroxyl groups is 2. The molecule has 0 aromatic heterocycles. The van der Waals surface area contributed by atoms with Crippen molar-refractivity contribution in [3.63, 3.8) is 0 Å². The molecule has 1 aromatic carbocycles. The standard InChI is InChI=1S/C12H15NO3/c1-12(3-2-4-12)13-11(16)8-5-9(14)7-10(15)6-8/h5-7,14-15H,2-4H2,1H3,(H,13,16). The topological polar surface area (TPSA) is 69.6 Å². The van der Waals surface area contributed by atoms with E-state index in [1.165, 1.54) is 18.2 Å². The van der Waals surface area contributed by atoms with E-state index in [0.29, 0.717) is 0 Å². The van der Waals surface area contributed by atoms with Gasteiger partial charge in [0, 0.05) is 17.2 Å². The molecule has 86 valence electrons. The Balaban J connectivity index is 2.14. The molecule has 1 aliphatic rings. The van der Waals surface area contributed by atoms with Crippen molar-refractivity contribution in [2.75, 3.05) is 0 Å². The second-order valence-electron chi connectivity index (χ2n) is 4.61. The maximum atomic E-state index is 11.8. The first-order valence-corrected chi connectivity index (χ1v) is 5.34. The number of carbonyl (C=O) groups excluding carboxylic acids is 1. The molecule has 0 bridgehead atoms. The fourth-order valence-corrected chi connectivity index (χ4v) is 1.90. The molecule has 0 saturated heterocycles. The van der Waals surface area contributed by atoms with Crippen LogP contribution in [-0.4, -0.2) is 21.7 Å². The highest BCUT2D eigenvalue weighted by Crippen LogP contribution is 2.31. The van der Waals surface area contributed by atoms with Crippen LogP contribution in [0.5, 0.6) is 11.5 Å². The molecule has 0 radical (unpaired) electrons. The van der Waals surface area contributed by atoms with Crippen LogP contribution >= 0.6 is 0 Å². The normalized spacial score (nSPS) is 17.6. The van der Waals surface area contributed by atoms with Gasteiger partial charge < -0.3 is 15.5 Å². The lowest BCUT2D eigenvalue weighted by molar-refractivity contribution is 0.0849. The Kier molecular flexibility index (Phi) is 2.50. The van der Waals surface area contributed by atoms with Gasteiger partial charge in [-0.05, 0) is 38.3 Å². The quantitative estimate of drug-likeness (QED) is 0.712. The Labute approximate surface area is 93.9 Å². The van der Waals surface area contributed by atoms with E-state index >= 15 is 0 Å². The van der Waals surface area contributed by atoms with Gasteiger partial charge in [0.05, 0.1) is 0 Å². The summed E-state index contributed by atoms with van der Waals surface area (Å²) in [5.41, 5.74) is 0.156. The van der Waals surface area contributed by atoms with Crippen molar-refractivity contribution in [2.24, 2.45) is 0 Å². The smallest absolute Gasteiger partial charge is 0.251 e. The first-order chi connectivity index (χ1) is 7.48. The van der Waals surface area contributed by atoms with Gasteiger partial charge in [-0.15, -0.1) is 0 Å². The van der Waals surface area contributed by atoms with Gasteiger partial charge in [-0.25, -0.2) is 0 Å². The highest BCUT2D eigenvalue weighted by Gasteiger charge is 2.33. The number of nitrogens with one attached hydrogen (secondary N) is 1. The van der Waals surface area contributed by atoms with E-state index in [1.807, 2.05) is 6.92 Å². The second kappa shape index (κ2) is 3.70. The molecule has 0 spiro atoms. The lowest BCUT2D eigenvalue weighted by Crippen LogP contribution is -2.50. The van der Waals surface area contributed by atoms with Gasteiger partial charge in [0.25, 0.3) is 5.91 Å². The lowest BCUT2D eigenvalue weighted by atomic mass is 9.78. The highest BCUT2D eigenvalue weighted by molar-refractivity contribution is 5.95. The van der Waals surface area contributed by atoms with Crippen LogP contribution in [0.3, 0.4) is 0 Å². The van der Waals surface area contributed by atoms with Gasteiger partial charge >= 0.3 is 0 Å². The van der Waals surface area contributed by atoms with Crippen LogP contribution in [0.2, 0.25) is 0 Å². The minimum Gasteiger partial charge on any atom is -0.508 e. The van der Waals surface area contributed by atoms with Gasteiger partial charge in [-0.1, -0.05) is 0 Å². The van der Waals surface area contributed by atoms with Gasteiger partial charge in [0.2, 0.25) is 0 Å². The van der Waals surface area contributed by atoms with Crippen molar-refractivity contribution < 1.29 is 15.0 Å². The molecule has 4 heteroatoms. The molecule has 3 N–H and O–H groups in total. The zero-order valence-electron chi connectivity index (χ0n) is 9.16. The molecular formula is C12H15NO3. The number of hydrogen-bond donors (Lipinski definition) is 3. The molecule has 2 rings (SSSR count). The zero-order chi connectivity index (χ0) is 11.8. The molecular weight excluding hydrogens is 206 g/mol. The van der Waals surface area contributed by atoms with E-state index in [9.17, 15) is 15.0 Å². The first-order valence-electron chi connectivity index (χ1n) is 5.34. The lowest BCUT2D eigenvalue weighted by Gasteiger charge is -2.39. The molecule has 1 aliphatic carbocycles. The van der Waals surface area contributed by atoms with Crippen molar-refractivity contribution in [1.29, 1.82) is 0 Å². The van der Waals surface area contributed by atoms with E-state index in [4.69, 9.17) is 0 Å². The molecule has 1 fully saturated rings. The summed E-state index contributed by atoms with van der Waals surface area (Å²) in [6, 6.07) is 3.88. The van der Waals surface area contributed by atoms with Crippen molar-refractivity contribution in [3.8, 4) is 11.5 Å². The van der Waals surface area contributed by atoms with Gasteiger partial charge in [0.1, 0.15) is 11.5 Å². The Morgan fingerprint density at radius 3 is 2.25 bits per heavy atom. The maximum absolute atomic E-state index is 11.8. The molecule has 0 atom stereocenters. The Morgan fingerprint density at radius 1 is 1.25 bits per heavy atom. The third-order valence-electron chi connectivity index (χ3n) is 3.04. The molecule has 4 nitrogen and oxygen atoms in total. The molecule has 0 unspecified atom stereocenters. The number of carbonyl (C=O) groups is 1. The third kappa shape index (κ3) is 2.10. The SMILES string of the molecule is CC1(NC(=O)c2cc(O)cc(O)c2)CCC1. The van der Waals surface area contributed by atoms with Crippen LogP contribution in [0.25, 0.3) is 0 Å². The summed E-state index contributed by atoms with van der Waals surface area (Å²) in [7, 11) is 0. The minimum absolute atomic E-state index is 0.107. The Hall–Kier alpha value is -1.71. The Morgan fingerprint density at radius 2 is 1.81 bits per heavy atom. The summed E-state index contributed by atoms with van der Waals surface area (Å²) in [4.78, 5) is 11.8. The average Bonchev–Trinajstić information content (AvgIpc) is 2.13. The predicted octanol–water partition coefficient (Wildman–Crippen LogP) is 1.77. The van der Waals surface area contributed by atoms with Gasteiger partial charge in [-0.2, -0.15) is 0 Å². The predicted molar refractivity (Wildman–Crippen MR) is 59.5 cm³/mol. The van der Waals surface area contributed by atoms with Crippen LogP contribution in [0.4, 0.5) is 0 Å².